The summed E-state index contributed by atoms with van der Waals surface area (Å²) in [6.45, 7) is 4.39. The van der Waals surface area contributed by atoms with Gasteiger partial charge < -0.3 is 10.2 Å². The largest absolute Gasteiger partial charge is 0.370 e. The Bertz CT molecular complexity index is 601. The molecule has 2 rings (SSSR count). The van der Waals surface area contributed by atoms with Gasteiger partial charge >= 0.3 is 0 Å². The molecule has 4 heteroatoms. The first-order chi connectivity index (χ1) is 10.1. The van der Waals surface area contributed by atoms with Crippen LogP contribution >= 0.6 is 11.6 Å². The van der Waals surface area contributed by atoms with E-state index >= 15 is 0 Å². The van der Waals surface area contributed by atoms with Crippen molar-refractivity contribution in [3.63, 3.8) is 0 Å². The lowest BCUT2D eigenvalue weighted by Gasteiger charge is -2.20. The zero-order valence-corrected chi connectivity index (χ0v) is 13.1. The van der Waals surface area contributed by atoms with Crippen molar-refractivity contribution in [1.82, 2.24) is 5.32 Å². The first kappa shape index (κ1) is 15.8. The molecule has 0 saturated heterocycles. The van der Waals surface area contributed by atoms with Gasteiger partial charge in [0.05, 0.1) is 0 Å². The van der Waals surface area contributed by atoms with E-state index in [2.05, 4.69) is 17.1 Å². The first-order valence-electron chi connectivity index (χ1n) is 7.05. The van der Waals surface area contributed by atoms with Gasteiger partial charge in [-0.25, -0.2) is 4.39 Å². The monoisotopic (exact) mass is 306 g/mol. The molecule has 0 amide bonds. The molecule has 0 aliphatic heterocycles. The highest BCUT2D eigenvalue weighted by atomic mass is 35.5. The third-order valence-corrected chi connectivity index (χ3v) is 3.70. The Morgan fingerprint density at radius 1 is 1.19 bits per heavy atom. The van der Waals surface area contributed by atoms with E-state index < -0.39 is 0 Å². The SMILES string of the molecule is CCNCc1ccc(N(C)Cc2cccc(F)c2)cc1Cl. The van der Waals surface area contributed by atoms with Crippen molar-refractivity contribution in [2.45, 2.75) is 20.0 Å². The number of hydrogen-bond acceptors (Lipinski definition) is 2. The maximum atomic E-state index is 13.2. The van der Waals surface area contributed by atoms with E-state index in [1.54, 1.807) is 12.1 Å². The first-order valence-corrected chi connectivity index (χ1v) is 7.42. The van der Waals surface area contributed by atoms with E-state index in [1.165, 1.54) is 6.07 Å². The Balaban J connectivity index is 2.08. The molecule has 0 spiro atoms. The minimum Gasteiger partial charge on any atom is -0.370 e. The van der Waals surface area contributed by atoms with Crippen LogP contribution in [0.5, 0.6) is 0 Å². The average Bonchev–Trinajstić information content (AvgIpc) is 2.46. The second kappa shape index (κ2) is 7.43. The van der Waals surface area contributed by atoms with Crippen molar-refractivity contribution in [2.24, 2.45) is 0 Å². The summed E-state index contributed by atoms with van der Waals surface area (Å²) in [6.07, 6.45) is 0. The van der Waals surface area contributed by atoms with E-state index in [0.717, 1.165) is 34.9 Å². The maximum absolute atomic E-state index is 13.2. The highest BCUT2D eigenvalue weighted by Gasteiger charge is 2.06. The zero-order valence-electron chi connectivity index (χ0n) is 12.4. The Labute approximate surface area is 130 Å². The minimum absolute atomic E-state index is 0.208. The second-order valence-electron chi connectivity index (χ2n) is 5.04. The molecule has 2 aromatic carbocycles. The van der Waals surface area contributed by atoms with Crippen LogP contribution in [-0.2, 0) is 13.1 Å². The third-order valence-electron chi connectivity index (χ3n) is 3.35. The number of benzene rings is 2. The lowest BCUT2D eigenvalue weighted by molar-refractivity contribution is 0.625. The number of nitrogens with one attached hydrogen (secondary N) is 1. The number of anilines is 1. The lowest BCUT2D eigenvalue weighted by atomic mass is 10.1. The summed E-state index contributed by atoms with van der Waals surface area (Å²) < 4.78 is 13.2. The van der Waals surface area contributed by atoms with Crippen LogP contribution in [0.3, 0.4) is 0 Å². The molecule has 21 heavy (non-hydrogen) atoms. The van der Waals surface area contributed by atoms with Gasteiger partial charge in [0.1, 0.15) is 5.82 Å². The van der Waals surface area contributed by atoms with E-state index in [0.29, 0.717) is 6.54 Å². The minimum atomic E-state index is -0.208. The molecule has 2 aromatic rings. The predicted octanol–water partition coefficient (Wildman–Crippen LogP) is 4.23. The number of nitrogens with zero attached hydrogens (tertiary/aromatic N) is 1. The van der Waals surface area contributed by atoms with Crippen LogP contribution in [0.15, 0.2) is 42.5 Å². The van der Waals surface area contributed by atoms with Gasteiger partial charge in [-0.3, -0.25) is 0 Å². The van der Waals surface area contributed by atoms with Crippen LogP contribution in [0.2, 0.25) is 5.02 Å². The van der Waals surface area contributed by atoms with Gasteiger partial charge in [0.15, 0.2) is 0 Å². The summed E-state index contributed by atoms with van der Waals surface area (Å²) >= 11 is 6.31. The molecule has 0 aliphatic rings. The Hall–Kier alpha value is -1.58. The van der Waals surface area contributed by atoms with Crippen LogP contribution < -0.4 is 10.2 Å². The summed E-state index contributed by atoms with van der Waals surface area (Å²) in [5.41, 5.74) is 3.04. The molecular weight excluding hydrogens is 287 g/mol. The molecular formula is C17H20ClFN2. The molecule has 0 saturated carbocycles. The van der Waals surface area contributed by atoms with Gasteiger partial charge in [-0.2, -0.15) is 0 Å². The molecule has 0 atom stereocenters. The summed E-state index contributed by atoms with van der Waals surface area (Å²) in [6, 6.07) is 12.7. The molecule has 0 radical (unpaired) electrons. The number of halogens is 2. The summed E-state index contributed by atoms with van der Waals surface area (Å²) in [7, 11) is 1.97. The smallest absolute Gasteiger partial charge is 0.123 e. The van der Waals surface area contributed by atoms with Gasteiger partial charge in [-0.1, -0.05) is 36.7 Å². The summed E-state index contributed by atoms with van der Waals surface area (Å²) in [5.74, 6) is -0.208. The van der Waals surface area contributed by atoms with Crippen LogP contribution in [0.25, 0.3) is 0 Å². The van der Waals surface area contributed by atoms with Crippen LogP contribution in [-0.4, -0.2) is 13.6 Å². The summed E-state index contributed by atoms with van der Waals surface area (Å²) in [5, 5.41) is 4.01. The molecule has 1 N–H and O–H groups in total. The fraction of sp³-hybridized carbons (Fsp3) is 0.294. The number of rotatable bonds is 6. The molecule has 0 aromatic heterocycles. The highest BCUT2D eigenvalue weighted by molar-refractivity contribution is 6.31. The zero-order chi connectivity index (χ0) is 15.2. The molecule has 0 unspecified atom stereocenters. The quantitative estimate of drug-likeness (QED) is 0.859. The van der Waals surface area contributed by atoms with E-state index in [-0.39, 0.29) is 5.82 Å². The van der Waals surface area contributed by atoms with Gasteiger partial charge in [0.25, 0.3) is 0 Å². The van der Waals surface area contributed by atoms with E-state index in [1.807, 2.05) is 31.3 Å². The lowest BCUT2D eigenvalue weighted by Crippen LogP contribution is -2.17. The number of hydrogen-bond donors (Lipinski definition) is 1. The standard InChI is InChI=1S/C17H20ClFN2/c1-3-20-11-14-7-8-16(10-17(14)18)21(2)12-13-5-4-6-15(19)9-13/h4-10,20H,3,11-12H2,1-2H3. The van der Waals surface area contributed by atoms with Crippen LogP contribution in [0.4, 0.5) is 10.1 Å². The fourth-order valence-electron chi connectivity index (χ4n) is 2.18. The van der Waals surface area contributed by atoms with Crippen molar-refractivity contribution in [3.05, 3.63) is 64.4 Å². The Kier molecular flexibility index (Phi) is 5.59. The van der Waals surface area contributed by atoms with Crippen molar-refractivity contribution < 1.29 is 4.39 Å². The molecule has 112 valence electrons. The van der Waals surface area contributed by atoms with Gasteiger partial charge in [0, 0.05) is 30.8 Å². The fourth-order valence-corrected chi connectivity index (χ4v) is 2.42. The maximum Gasteiger partial charge on any atom is 0.123 e. The average molecular weight is 307 g/mol. The van der Waals surface area contributed by atoms with Gasteiger partial charge in [-0.05, 0) is 41.9 Å². The van der Waals surface area contributed by atoms with Crippen LogP contribution in [0, 0.1) is 5.82 Å². The molecule has 0 bridgehead atoms. The normalized spacial score (nSPS) is 10.7. The van der Waals surface area contributed by atoms with Crippen LogP contribution in [0.1, 0.15) is 18.1 Å². The van der Waals surface area contributed by atoms with Crippen molar-refractivity contribution in [2.75, 3.05) is 18.5 Å². The van der Waals surface area contributed by atoms with E-state index in [4.69, 9.17) is 11.6 Å². The third kappa shape index (κ3) is 4.45. The summed E-state index contributed by atoms with van der Waals surface area (Å²) in [4.78, 5) is 2.05. The molecule has 0 aliphatic carbocycles. The van der Waals surface area contributed by atoms with Crippen molar-refractivity contribution in [3.8, 4) is 0 Å². The van der Waals surface area contributed by atoms with Gasteiger partial charge in [-0.15, -0.1) is 0 Å². The topological polar surface area (TPSA) is 15.3 Å². The van der Waals surface area contributed by atoms with E-state index in [9.17, 15) is 4.39 Å². The Morgan fingerprint density at radius 3 is 2.67 bits per heavy atom. The second-order valence-corrected chi connectivity index (χ2v) is 5.45. The molecule has 0 heterocycles. The van der Waals surface area contributed by atoms with Crippen molar-refractivity contribution >= 4 is 17.3 Å². The van der Waals surface area contributed by atoms with Crippen molar-refractivity contribution in [1.29, 1.82) is 0 Å². The molecule has 0 fully saturated rings. The predicted molar refractivity (Wildman–Crippen MR) is 87.3 cm³/mol. The molecule has 2 nitrogen and oxygen atoms in total. The Morgan fingerprint density at radius 2 is 2.00 bits per heavy atom. The highest BCUT2D eigenvalue weighted by Crippen LogP contribution is 2.24. The van der Waals surface area contributed by atoms with Gasteiger partial charge in [0.2, 0.25) is 0 Å².